The van der Waals surface area contributed by atoms with Crippen LogP contribution in [0.2, 0.25) is 0 Å². The fourth-order valence-electron chi connectivity index (χ4n) is 1.92. The lowest BCUT2D eigenvalue weighted by atomic mass is 10.2. The number of hydrogen-bond donors (Lipinski definition) is 2. The summed E-state index contributed by atoms with van der Waals surface area (Å²) in [5.41, 5.74) is 2.81. The molecule has 3 rings (SSSR count). The van der Waals surface area contributed by atoms with E-state index in [0.29, 0.717) is 11.5 Å². The lowest BCUT2D eigenvalue weighted by Crippen LogP contribution is -2.16. The predicted octanol–water partition coefficient (Wildman–Crippen LogP) is 2.13. The van der Waals surface area contributed by atoms with Gasteiger partial charge in [0.15, 0.2) is 0 Å². The second-order valence-corrected chi connectivity index (χ2v) is 5.14. The largest absolute Gasteiger partial charge is 0.326 e. The van der Waals surface area contributed by atoms with Crippen LogP contribution >= 0.6 is 11.8 Å². The van der Waals surface area contributed by atoms with Crippen LogP contribution in [-0.2, 0) is 11.5 Å². The summed E-state index contributed by atoms with van der Waals surface area (Å²) in [6.45, 7) is 0. The zero-order chi connectivity index (χ0) is 13.2. The maximum atomic E-state index is 11.8. The van der Waals surface area contributed by atoms with Crippen LogP contribution < -0.4 is 10.9 Å². The molecule has 6 heteroatoms. The van der Waals surface area contributed by atoms with E-state index < -0.39 is 0 Å². The standard InChI is InChI=1S/C13H10N4OS/c14-5-8-2-1-3-9(4-8)15-13-16-11-7-19-6-10(11)12(18)17-13/h1-4H,6-7H2,(H2,15,16,17,18). The number of nitrogens with one attached hydrogen (secondary N) is 2. The smallest absolute Gasteiger partial charge is 0.256 e. The summed E-state index contributed by atoms with van der Waals surface area (Å²) < 4.78 is 0. The van der Waals surface area contributed by atoms with E-state index in [1.165, 1.54) is 0 Å². The number of nitriles is 1. The van der Waals surface area contributed by atoms with Crippen LogP contribution in [0.5, 0.6) is 0 Å². The van der Waals surface area contributed by atoms with Gasteiger partial charge >= 0.3 is 0 Å². The van der Waals surface area contributed by atoms with Gasteiger partial charge in [0.2, 0.25) is 5.95 Å². The van der Waals surface area contributed by atoms with Crippen molar-refractivity contribution in [2.24, 2.45) is 0 Å². The van der Waals surface area contributed by atoms with E-state index in [0.717, 1.165) is 28.5 Å². The van der Waals surface area contributed by atoms with Crippen LogP contribution in [0.3, 0.4) is 0 Å². The first-order valence-corrected chi connectivity index (χ1v) is 6.89. The normalized spacial score (nSPS) is 12.8. The Hall–Kier alpha value is -2.26. The third-order valence-electron chi connectivity index (χ3n) is 2.84. The molecule has 1 aliphatic rings. The lowest BCUT2D eigenvalue weighted by molar-refractivity contribution is 1.03. The van der Waals surface area contributed by atoms with Gasteiger partial charge in [-0.15, -0.1) is 0 Å². The Bertz CT molecular complexity index is 732. The van der Waals surface area contributed by atoms with Gasteiger partial charge in [-0.05, 0) is 18.2 Å². The average Bonchev–Trinajstić information content (AvgIpc) is 2.88. The van der Waals surface area contributed by atoms with Crippen LogP contribution in [0.25, 0.3) is 0 Å². The van der Waals surface area contributed by atoms with Crippen molar-refractivity contribution in [1.29, 1.82) is 5.26 Å². The van der Waals surface area contributed by atoms with Crippen molar-refractivity contribution in [3.63, 3.8) is 0 Å². The average molecular weight is 270 g/mol. The number of anilines is 2. The highest BCUT2D eigenvalue weighted by Crippen LogP contribution is 2.26. The van der Waals surface area contributed by atoms with Gasteiger partial charge in [-0.3, -0.25) is 9.78 Å². The Kier molecular flexibility index (Phi) is 2.97. The summed E-state index contributed by atoms with van der Waals surface area (Å²) in [7, 11) is 0. The molecule has 0 radical (unpaired) electrons. The quantitative estimate of drug-likeness (QED) is 0.873. The molecule has 19 heavy (non-hydrogen) atoms. The molecule has 94 valence electrons. The number of aromatic nitrogens is 2. The van der Waals surface area contributed by atoms with Crippen LogP contribution in [0, 0.1) is 11.3 Å². The number of benzene rings is 1. The molecule has 0 fully saturated rings. The van der Waals surface area contributed by atoms with E-state index in [4.69, 9.17) is 5.26 Å². The molecule has 0 aliphatic carbocycles. The molecule has 0 atom stereocenters. The Balaban J connectivity index is 1.94. The van der Waals surface area contributed by atoms with Crippen LogP contribution in [0.15, 0.2) is 29.1 Å². The van der Waals surface area contributed by atoms with Crippen LogP contribution in [0.4, 0.5) is 11.6 Å². The van der Waals surface area contributed by atoms with Gasteiger partial charge in [0.05, 0.1) is 17.3 Å². The van der Waals surface area contributed by atoms with E-state index in [2.05, 4.69) is 21.4 Å². The molecule has 5 nitrogen and oxygen atoms in total. The second kappa shape index (κ2) is 4.78. The topological polar surface area (TPSA) is 81.6 Å². The number of fused-ring (bicyclic) bond motifs is 1. The molecule has 2 N–H and O–H groups in total. The third-order valence-corrected chi connectivity index (χ3v) is 3.81. The van der Waals surface area contributed by atoms with Gasteiger partial charge < -0.3 is 5.32 Å². The van der Waals surface area contributed by atoms with Gasteiger partial charge in [0, 0.05) is 22.8 Å². The minimum absolute atomic E-state index is 0.0889. The summed E-state index contributed by atoms with van der Waals surface area (Å²) >= 11 is 1.68. The Labute approximate surface area is 113 Å². The van der Waals surface area contributed by atoms with Crippen molar-refractivity contribution in [2.75, 3.05) is 5.32 Å². The number of thioether (sulfide) groups is 1. The highest BCUT2D eigenvalue weighted by atomic mass is 32.2. The number of hydrogen-bond acceptors (Lipinski definition) is 5. The summed E-state index contributed by atoms with van der Waals surface area (Å²) in [5.74, 6) is 1.91. The van der Waals surface area contributed by atoms with Crippen LogP contribution in [-0.4, -0.2) is 9.97 Å². The zero-order valence-electron chi connectivity index (χ0n) is 9.93. The van der Waals surface area contributed by atoms with Gasteiger partial charge in [-0.2, -0.15) is 17.0 Å². The fourth-order valence-corrected chi connectivity index (χ4v) is 2.96. The zero-order valence-corrected chi connectivity index (χ0v) is 10.8. The van der Waals surface area contributed by atoms with Crippen molar-refractivity contribution in [3.8, 4) is 6.07 Å². The number of H-pyrrole nitrogens is 1. The number of aromatic amines is 1. The maximum Gasteiger partial charge on any atom is 0.256 e. The summed E-state index contributed by atoms with van der Waals surface area (Å²) in [4.78, 5) is 19.0. The summed E-state index contributed by atoms with van der Waals surface area (Å²) in [5, 5.41) is 11.9. The van der Waals surface area contributed by atoms with Gasteiger partial charge in [0.1, 0.15) is 0 Å². The molecule has 0 bridgehead atoms. The van der Waals surface area contributed by atoms with Gasteiger partial charge in [-0.1, -0.05) is 6.07 Å². The molecular weight excluding hydrogens is 260 g/mol. The lowest BCUT2D eigenvalue weighted by Gasteiger charge is -2.06. The van der Waals surface area contributed by atoms with Crippen molar-refractivity contribution >= 4 is 23.4 Å². The van der Waals surface area contributed by atoms with E-state index in [-0.39, 0.29) is 5.56 Å². The van der Waals surface area contributed by atoms with Crippen molar-refractivity contribution in [1.82, 2.24) is 9.97 Å². The molecule has 0 unspecified atom stereocenters. The first-order valence-electron chi connectivity index (χ1n) is 5.73. The minimum Gasteiger partial charge on any atom is -0.326 e. The summed E-state index contributed by atoms with van der Waals surface area (Å²) in [6, 6.07) is 9.11. The van der Waals surface area contributed by atoms with E-state index in [9.17, 15) is 4.79 Å². The van der Waals surface area contributed by atoms with Crippen LogP contribution in [0.1, 0.15) is 16.8 Å². The molecule has 0 amide bonds. The monoisotopic (exact) mass is 270 g/mol. The molecule has 0 saturated carbocycles. The molecule has 1 aromatic heterocycles. The van der Waals surface area contributed by atoms with E-state index in [1.54, 1.807) is 30.0 Å². The van der Waals surface area contributed by atoms with E-state index in [1.807, 2.05) is 6.07 Å². The van der Waals surface area contributed by atoms with Crippen molar-refractivity contribution in [2.45, 2.75) is 11.5 Å². The highest BCUT2D eigenvalue weighted by molar-refractivity contribution is 7.98. The van der Waals surface area contributed by atoms with Crippen molar-refractivity contribution in [3.05, 3.63) is 51.4 Å². The Morgan fingerprint density at radius 2 is 2.32 bits per heavy atom. The first-order chi connectivity index (χ1) is 9.26. The maximum absolute atomic E-state index is 11.8. The molecule has 0 saturated heterocycles. The van der Waals surface area contributed by atoms with E-state index >= 15 is 0 Å². The van der Waals surface area contributed by atoms with Crippen molar-refractivity contribution < 1.29 is 0 Å². The Morgan fingerprint density at radius 3 is 3.16 bits per heavy atom. The molecule has 2 aromatic rings. The fraction of sp³-hybridized carbons (Fsp3) is 0.154. The minimum atomic E-state index is -0.0889. The SMILES string of the molecule is N#Cc1cccc(Nc2nc3c(c(=O)[nH]2)CSC3)c1. The summed E-state index contributed by atoms with van der Waals surface area (Å²) in [6.07, 6.45) is 0. The first kappa shape index (κ1) is 11.8. The molecule has 1 aromatic carbocycles. The number of rotatable bonds is 2. The Morgan fingerprint density at radius 1 is 1.42 bits per heavy atom. The van der Waals surface area contributed by atoms with Gasteiger partial charge in [-0.25, -0.2) is 4.98 Å². The second-order valence-electron chi connectivity index (χ2n) is 4.15. The molecule has 1 aliphatic heterocycles. The molecular formula is C13H10N4OS. The predicted molar refractivity (Wildman–Crippen MR) is 74.3 cm³/mol. The van der Waals surface area contributed by atoms with Gasteiger partial charge in [0.25, 0.3) is 5.56 Å². The highest BCUT2D eigenvalue weighted by Gasteiger charge is 2.17. The molecule has 0 spiro atoms. The molecule has 2 heterocycles. The third kappa shape index (κ3) is 2.33. The number of nitrogens with zero attached hydrogens (tertiary/aromatic N) is 2.